The van der Waals surface area contributed by atoms with Crippen LogP contribution in [0.1, 0.15) is 33.1 Å². The first-order valence-corrected chi connectivity index (χ1v) is 4.08. The number of hydrogen-bond acceptors (Lipinski definition) is 2. The van der Waals surface area contributed by atoms with E-state index in [9.17, 15) is 0 Å². The highest BCUT2D eigenvalue weighted by Crippen LogP contribution is 2.28. The Morgan fingerprint density at radius 2 is 2.10 bits per heavy atom. The van der Waals surface area contributed by atoms with Crippen LogP contribution in [0.5, 0.6) is 0 Å². The molecule has 1 aliphatic carbocycles. The van der Waals surface area contributed by atoms with Gasteiger partial charge in [-0.25, -0.2) is 0 Å². The van der Waals surface area contributed by atoms with Gasteiger partial charge < -0.3 is 11.5 Å². The molecule has 60 valence electrons. The number of nitrogens with two attached hydrogens (primary N) is 2. The van der Waals surface area contributed by atoms with Crippen molar-refractivity contribution in [3.63, 3.8) is 0 Å². The van der Waals surface area contributed by atoms with Gasteiger partial charge in [0.25, 0.3) is 0 Å². The highest BCUT2D eigenvalue weighted by molar-refractivity contribution is 4.96. The van der Waals surface area contributed by atoms with Crippen LogP contribution in [0.25, 0.3) is 0 Å². The Kier molecular flexibility index (Phi) is 2.02. The molecule has 0 aromatic rings. The maximum atomic E-state index is 5.99. The molecule has 2 nitrogen and oxygen atoms in total. The van der Waals surface area contributed by atoms with Crippen molar-refractivity contribution >= 4 is 0 Å². The minimum absolute atomic E-state index is 0.113. The first-order chi connectivity index (χ1) is 4.54. The van der Waals surface area contributed by atoms with Crippen LogP contribution in [0.2, 0.25) is 0 Å². The van der Waals surface area contributed by atoms with E-state index >= 15 is 0 Å². The second-order valence-corrected chi connectivity index (χ2v) is 3.90. The summed E-state index contributed by atoms with van der Waals surface area (Å²) < 4.78 is 0. The van der Waals surface area contributed by atoms with Crippen molar-refractivity contribution in [3.8, 4) is 0 Å². The van der Waals surface area contributed by atoms with E-state index in [0.717, 1.165) is 6.42 Å². The zero-order valence-electron chi connectivity index (χ0n) is 6.93. The molecule has 0 bridgehead atoms. The van der Waals surface area contributed by atoms with Gasteiger partial charge in [0.2, 0.25) is 0 Å². The molecule has 4 N–H and O–H groups in total. The molecule has 1 rings (SSSR count). The average molecular weight is 142 g/mol. The molecule has 0 aromatic carbocycles. The number of hydrogen-bond donors (Lipinski definition) is 2. The second-order valence-electron chi connectivity index (χ2n) is 3.90. The average Bonchev–Trinajstić information content (AvgIpc) is 1.83. The highest BCUT2D eigenvalue weighted by Gasteiger charge is 2.34. The third kappa shape index (κ3) is 1.32. The van der Waals surface area contributed by atoms with Gasteiger partial charge in [-0.3, -0.25) is 0 Å². The summed E-state index contributed by atoms with van der Waals surface area (Å²) in [6.07, 6.45) is 3.56. The van der Waals surface area contributed by atoms with Crippen LogP contribution in [0, 0.1) is 5.92 Å². The maximum Gasteiger partial charge on any atom is 0.0281 e. The van der Waals surface area contributed by atoms with E-state index in [1.165, 1.54) is 12.8 Å². The minimum atomic E-state index is -0.113. The van der Waals surface area contributed by atoms with E-state index < -0.39 is 0 Å². The Bertz CT molecular complexity index is 120. The molecule has 0 heterocycles. The highest BCUT2D eigenvalue weighted by atomic mass is 14.9. The lowest BCUT2D eigenvalue weighted by Crippen LogP contribution is -2.58. The van der Waals surface area contributed by atoms with Gasteiger partial charge in [-0.2, -0.15) is 0 Å². The molecule has 3 atom stereocenters. The molecule has 0 aromatic heterocycles. The smallest absolute Gasteiger partial charge is 0.0281 e. The fourth-order valence-electron chi connectivity index (χ4n) is 1.80. The monoisotopic (exact) mass is 142 g/mol. The topological polar surface area (TPSA) is 52.0 Å². The van der Waals surface area contributed by atoms with Crippen LogP contribution in [0.4, 0.5) is 0 Å². The van der Waals surface area contributed by atoms with Gasteiger partial charge >= 0.3 is 0 Å². The second kappa shape index (κ2) is 2.51. The van der Waals surface area contributed by atoms with Crippen LogP contribution < -0.4 is 11.5 Å². The number of rotatable bonds is 0. The van der Waals surface area contributed by atoms with Crippen molar-refractivity contribution in [2.75, 3.05) is 0 Å². The summed E-state index contributed by atoms with van der Waals surface area (Å²) in [5, 5.41) is 0. The quantitative estimate of drug-likeness (QED) is 0.527. The van der Waals surface area contributed by atoms with Gasteiger partial charge in [-0.05, 0) is 25.7 Å². The SMILES string of the molecule is C[C@@H]1CCCC(C)(N)[C@H]1N. The van der Waals surface area contributed by atoms with Gasteiger partial charge in [-0.15, -0.1) is 0 Å². The summed E-state index contributed by atoms with van der Waals surface area (Å²) in [5.74, 6) is 0.601. The molecule has 1 aliphatic rings. The Balaban J connectivity index is 2.60. The van der Waals surface area contributed by atoms with Crippen molar-refractivity contribution in [1.82, 2.24) is 0 Å². The lowest BCUT2D eigenvalue weighted by atomic mass is 9.74. The van der Waals surface area contributed by atoms with Crippen molar-refractivity contribution in [1.29, 1.82) is 0 Å². The van der Waals surface area contributed by atoms with Crippen molar-refractivity contribution < 1.29 is 0 Å². The summed E-state index contributed by atoms with van der Waals surface area (Å²) in [6.45, 7) is 4.25. The fraction of sp³-hybridized carbons (Fsp3) is 1.00. The maximum absolute atomic E-state index is 5.99. The van der Waals surface area contributed by atoms with Crippen LogP contribution in [-0.4, -0.2) is 11.6 Å². The van der Waals surface area contributed by atoms with Gasteiger partial charge in [0.15, 0.2) is 0 Å². The summed E-state index contributed by atoms with van der Waals surface area (Å²) in [6, 6.07) is 0.196. The molecule has 2 heteroatoms. The molecule has 0 aliphatic heterocycles. The Morgan fingerprint density at radius 1 is 1.50 bits per heavy atom. The summed E-state index contributed by atoms with van der Waals surface area (Å²) in [5.41, 5.74) is 11.8. The van der Waals surface area contributed by atoms with E-state index in [-0.39, 0.29) is 11.6 Å². The third-order valence-electron chi connectivity index (χ3n) is 2.75. The molecule has 1 saturated carbocycles. The zero-order chi connectivity index (χ0) is 7.78. The Morgan fingerprint density at radius 3 is 2.50 bits per heavy atom. The standard InChI is InChI=1S/C8H18N2/c1-6-4-3-5-8(2,10)7(6)9/h6-7H,3-5,9-10H2,1-2H3/t6-,7+,8?/m1/s1. The van der Waals surface area contributed by atoms with Gasteiger partial charge in [0.05, 0.1) is 0 Å². The molecule has 1 fully saturated rings. The minimum Gasteiger partial charge on any atom is -0.326 e. The first kappa shape index (κ1) is 8.02. The molecule has 0 saturated heterocycles. The van der Waals surface area contributed by atoms with Crippen LogP contribution in [0.3, 0.4) is 0 Å². The lowest BCUT2D eigenvalue weighted by molar-refractivity contribution is 0.211. The van der Waals surface area contributed by atoms with Crippen molar-refractivity contribution in [2.24, 2.45) is 17.4 Å². The Hall–Kier alpha value is -0.0800. The summed E-state index contributed by atoms with van der Waals surface area (Å²) >= 11 is 0. The molecular formula is C8H18N2. The zero-order valence-corrected chi connectivity index (χ0v) is 6.93. The Labute approximate surface area is 63.0 Å². The summed E-state index contributed by atoms with van der Waals surface area (Å²) in [7, 11) is 0. The molecule has 0 radical (unpaired) electrons. The molecule has 0 amide bonds. The van der Waals surface area contributed by atoms with Crippen LogP contribution in [0.15, 0.2) is 0 Å². The predicted molar refractivity (Wildman–Crippen MR) is 43.6 cm³/mol. The van der Waals surface area contributed by atoms with Gasteiger partial charge in [-0.1, -0.05) is 13.3 Å². The lowest BCUT2D eigenvalue weighted by Gasteiger charge is -2.40. The first-order valence-electron chi connectivity index (χ1n) is 4.08. The van der Waals surface area contributed by atoms with Crippen molar-refractivity contribution in [3.05, 3.63) is 0 Å². The van der Waals surface area contributed by atoms with E-state index in [1.807, 2.05) is 0 Å². The molecule has 1 unspecified atom stereocenters. The largest absolute Gasteiger partial charge is 0.326 e. The normalized spacial score (nSPS) is 49.2. The van der Waals surface area contributed by atoms with E-state index in [4.69, 9.17) is 11.5 Å². The predicted octanol–water partition coefficient (Wildman–Crippen LogP) is 0.851. The van der Waals surface area contributed by atoms with E-state index in [1.54, 1.807) is 0 Å². The molecular weight excluding hydrogens is 124 g/mol. The van der Waals surface area contributed by atoms with Crippen molar-refractivity contribution in [2.45, 2.75) is 44.7 Å². The van der Waals surface area contributed by atoms with E-state index in [2.05, 4.69) is 13.8 Å². The third-order valence-corrected chi connectivity index (χ3v) is 2.75. The summed E-state index contributed by atoms with van der Waals surface area (Å²) in [4.78, 5) is 0. The van der Waals surface area contributed by atoms with Gasteiger partial charge in [0, 0.05) is 11.6 Å². The fourth-order valence-corrected chi connectivity index (χ4v) is 1.80. The van der Waals surface area contributed by atoms with Gasteiger partial charge in [0.1, 0.15) is 0 Å². The van der Waals surface area contributed by atoms with E-state index in [0.29, 0.717) is 5.92 Å². The van der Waals surface area contributed by atoms with Crippen LogP contribution in [-0.2, 0) is 0 Å². The molecule has 0 spiro atoms. The van der Waals surface area contributed by atoms with Crippen LogP contribution >= 0.6 is 0 Å². The molecule has 10 heavy (non-hydrogen) atoms.